The number of anilines is 1. The third-order valence-electron chi connectivity index (χ3n) is 3.21. The van der Waals surface area contributed by atoms with Gasteiger partial charge in [0.2, 0.25) is 0 Å². The SMILES string of the molecule is CC1(C)CCN(C(=O)c2ccc(N)c(F)c2)C1. The zero-order valence-corrected chi connectivity index (χ0v) is 10.2. The fraction of sp³-hybridized carbons (Fsp3) is 0.462. The highest BCUT2D eigenvalue weighted by atomic mass is 19.1. The Kier molecular flexibility index (Phi) is 2.81. The van der Waals surface area contributed by atoms with Gasteiger partial charge in [0.25, 0.3) is 5.91 Å². The van der Waals surface area contributed by atoms with Crippen LogP contribution in [0.15, 0.2) is 18.2 Å². The Morgan fingerprint density at radius 1 is 1.47 bits per heavy atom. The number of nitrogens with zero attached hydrogens (tertiary/aromatic N) is 1. The largest absolute Gasteiger partial charge is 0.396 e. The van der Waals surface area contributed by atoms with Crippen LogP contribution in [0.1, 0.15) is 30.6 Å². The predicted octanol–water partition coefficient (Wildman–Crippen LogP) is 2.28. The Labute approximate surface area is 100 Å². The van der Waals surface area contributed by atoms with E-state index in [1.807, 2.05) is 0 Å². The van der Waals surface area contributed by atoms with Crippen molar-refractivity contribution in [1.29, 1.82) is 0 Å². The van der Waals surface area contributed by atoms with Crippen LogP contribution >= 0.6 is 0 Å². The molecule has 1 aliphatic heterocycles. The molecule has 4 heteroatoms. The molecule has 2 N–H and O–H groups in total. The van der Waals surface area contributed by atoms with Crippen molar-refractivity contribution >= 4 is 11.6 Å². The second-order valence-electron chi connectivity index (χ2n) is 5.38. The molecule has 0 spiro atoms. The number of nitrogens with two attached hydrogens (primary N) is 1. The number of carbonyl (C=O) groups is 1. The number of nitrogen functional groups attached to an aromatic ring is 1. The van der Waals surface area contributed by atoms with Gasteiger partial charge in [-0.2, -0.15) is 0 Å². The lowest BCUT2D eigenvalue weighted by Crippen LogP contribution is -2.30. The Balaban J connectivity index is 2.18. The van der Waals surface area contributed by atoms with E-state index >= 15 is 0 Å². The fourth-order valence-electron chi connectivity index (χ4n) is 2.13. The summed E-state index contributed by atoms with van der Waals surface area (Å²) < 4.78 is 13.3. The van der Waals surface area contributed by atoms with Gasteiger partial charge < -0.3 is 10.6 Å². The molecule has 2 rings (SSSR count). The summed E-state index contributed by atoms with van der Waals surface area (Å²) in [6.07, 6.45) is 0.982. The first-order chi connectivity index (χ1) is 7.89. The first kappa shape index (κ1) is 11.9. The lowest BCUT2D eigenvalue weighted by Gasteiger charge is -2.20. The number of carbonyl (C=O) groups excluding carboxylic acids is 1. The number of halogens is 1. The molecule has 0 aliphatic carbocycles. The van der Waals surface area contributed by atoms with Gasteiger partial charge in [-0.1, -0.05) is 13.8 Å². The number of hydrogen-bond donors (Lipinski definition) is 1. The van der Waals surface area contributed by atoms with Crippen LogP contribution in [0.25, 0.3) is 0 Å². The minimum absolute atomic E-state index is 0.0725. The molecule has 0 radical (unpaired) electrons. The van der Waals surface area contributed by atoms with E-state index in [9.17, 15) is 9.18 Å². The van der Waals surface area contributed by atoms with Crippen molar-refractivity contribution < 1.29 is 9.18 Å². The normalized spacial score (nSPS) is 18.4. The Bertz CT molecular complexity index is 457. The molecular weight excluding hydrogens is 219 g/mol. The van der Waals surface area contributed by atoms with Crippen LogP contribution in [0.4, 0.5) is 10.1 Å². The van der Waals surface area contributed by atoms with Crippen LogP contribution in [0.3, 0.4) is 0 Å². The van der Waals surface area contributed by atoms with Crippen molar-refractivity contribution in [2.24, 2.45) is 5.41 Å². The van der Waals surface area contributed by atoms with Crippen LogP contribution < -0.4 is 5.73 Å². The van der Waals surface area contributed by atoms with Crippen molar-refractivity contribution in [1.82, 2.24) is 4.90 Å². The fourth-order valence-corrected chi connectivity index (χ4v) is 2.13. The minimum atomic E-state index is -0.533. The van der Waals surface area contributed by atoms with Crippen LogP contribution in [-0.2, 0) is 0 Å². The Hall–Kier alpha value is -1.58. The topological polar surface area (TPSA) is 46.3 Å². The lowest BCUT2D eigenvalue weighted by atomic mass is 9.93. The number of amides is 1. The zero-order chi connectivity index (χ0) is 12.6. The average molecular weight is 236 g/mol. The van der Waals surface area contributed by atoms with Crippen molar-refractivity contribution in [3.8, 4) is 0 Å². The maximum Gasteiger partial charge on any atom is 0.253 e. The molecule has 1 aromatic rings. The molecule has 0 aromatic heterocycles. The van der Waals surface area contributed by atoms with E-state index in [1.165, 1.54) is 12.1 Å². The van der Waals surface area contributed by atoms with E-state index in [1.54, 1.807) is 11.0 Å². The van der Waals surface area contributed by atoms with E-state index in [0.29, 0.717) is 5.56 Å². The summed E-state index contributed by atoms with van der Waals surface area (Å²) in [5.74, 6) is -0.649. The lowest BCUT2D eigenvalue weighted by molar-refractivity contribution is 0.0778. The van der Waals surface area contributed by atoms with Gasteiger partial charge >= 0.3 is 0 Å². The first-order valence-corrected chi connectivity index (χ1v) is 5.73. The maximum atomic E-state index is 13.3. The van der Waals surface area contributed by atoms with Gasteiger partial charge in [-0.25, -0.2) is 4.39 Å². The van der Waals surface area contributed by atoms with Gasteiger partial charge in [0.1, 0.15) is 5.82 Å². The van der Waals surface area contributed by atoms with Gasteiger partial charge in [0.05, 0.1) is 5.69 Å². The summed E-state index contributed by atoms with van der Waals surface area (Å²) in [6.45, 7) is 5.71. The first-order valence-electron chi connectivity index (χ1n) is 5.73. The second-order valence-corrected chi connectivity index (χ2v) is 5.38. The minimum Gasteiger partial charge on any atom is -0.396 e. The predicted molar refractivity (Wildman–Crippen MR) is 65.1 cm³/mol. The molecule has 1 saturated heterocycles. The van der Waals surface area contributed by atoms with E-state index in [2.05, 4.69) is 13.8 Å². The van der Waals surface area contributed by atoms with Gasteiger partial charge in [0.15, 0.2) is 0 Å². The second kappa shape index (κ2) is 4.02. The molecule has 1 amide bonds. The van der Waals surface area contributed by atoms with E-state index in [0.717, 1.165) is 19.5 Å². The molecule has 0 saturated carbocycles. The molecule has 17 heavy (non-hydrogen) atoms. The third kappa shape index (κ3) is 2.40. The van der Waals surface area contributed by atoms with E-state index < -0.39 is 5.82 Å². The van der Waals surface area contributed by atoms with Gasteiger partial charge in [-0.3, -0.25) is 4.79 Å². The van der Waals surface area contributed by atoms with Crippen molar-refractivity contribution in [3.63, 3.8) is 0 Å². The van der Waals surface area contributed by atoms with Crippen LogP contribution in [-0.4, -0.2) is 23.9 Å². The summed E-state index contributed by atoms with van der Waals surface area (Å²) >= 11 is 0. The summed E-state index contributed by atoms with van der Waals surface area (Å²) in [5, 5.41) is 0. The van der Waals surface area contributed by atoms with Crippen molar-refractivity contribution in [2.45, 2.75) is 20.3 Å². The van der Waals surface area contributed by atoms with E-state index in [4.69, 9.17) is 5.73 Å². The summed E-state index contributed by atoms with van der Waals surface area (Å²) in [5.41, 5.74) is 5.98. The molecule has 1 fully saturated rings. The Morgan fingerprint density at radius 3 is 2.71 bits per heavy atom. The van der Waals surface area contributed by atoms with Crippen LogP contribution in [0.5, 0.6) is 0 Å². The number of benzene rings is 1. The van der Waals surface area contributed by atoms with E-state index in [-0.39, 0.29) is 17.0 Å². The zero-order valence-electron chi connectivity index (χ0n) is 10.2. The van der Waals surface area contributed by atoms with Crippen molar-refractivity contribution in [2.75, 3.05) is 18.8 Å². The smallest absolute Gasteiger partial charge is 0.253 e. The monoisotopic (exact) mass is 236 g/mol. The third-order valence-corrected chi connectivity index (χ3v) is 3.21. The number of likely N-dealkylation sites (tertiary alicyclic amines) is 1. The number of rotatable bonds is 1. The van der Waals surface area contributed by atoms with Crippen LogP contribution in [0.2, 0.25) is 0 Å². The molecule has 1 aromatic carbocycles. The molecule has 0 bridgehead atoms. The maximum absolute atomic E-state index is 13.3. The van der Waals surface area contributed by atoms with Gasteiger partial charge in [-0.15, -0.1) is 0 Å². The average Bonchev–Trinajstić information content (AvgIpc) is 2.62. The Morgan fingerprint density at radius 2 is 2.18 bits per heavy atom. The quantitative estimate of drug-likeness (QED) is 0.760. The molecule has 0 unspecified atom stereocenters. The molecule has 1 aliphatic rings. The highest BCUT2D eigenvalue weighted by Crippen LogP contribution is 2.29. The summed E-state index contributed by atoms with van der Waals surface area (Å²) in [4.78, 5) is 13.9. The molecule has 1 heterocycles. The summed E-state index contributed by atoms with van der Waals surface area (Å²) in [7, 11) is 0. The molecular formula is C13H17FN2O. The highest BCUT2D eigenvalue weighted by Gasteiger charge is 2.32. The van der Waals surface area contributed by atoms with Gasteiger partial charge in [0, 0.05) is 18.7 Å². The molecule has 3 nitrogen and oxygen atoms in total. The summed E-state index contributed by atoms with van der Waals surface area (Å²) in [6, 6.07) is 4.22. The molecule has 92 valence electrons. The molecule has 0 atom stereocenters. The standard InChI is InChI=1S/C13H17FN2O/c1-13(2)5-6-16(8-13)12(17)9-3-4-11(15)10(14)7-9/h3-4,7H,5-6,8,15H2,1-2H3. The highest BCUT2D eigenvalue weighted by molar-refractivity contribution is 5.94. The van der Waals surface area contributed by atoms with Gasteiger partial charge in [-0.05, 0) is 30.0 Å². The van der Waals surface area contributed by atoms with Crippen molar-refractivity contribution in [3.05, 3.63) is 29.6 Å². The van der Waals surface area contributed by atoms with Crippen LogP contribution in [0, 0.1) is 11.2 Å². The number of hydrogen-bond acceptors (Lipinski definition) is 2.